The molecular formula is C13H12O3. The summed E-state index contributed by atoms with van der Waals surface area (Å²) < 4.78 is 10.4. The number of carbonyl (C=O) groups is 1. The molecule has 0 amide bonds. The summed E-state index contributed by atoms with van der Waals surface area (Å²) in [6, 6.07) is 9.33. The van der Waals surface area contributed by atoms with Crippen LogP contribution in [0.4, 0.5) is 0 Å². The van der Waals surface area contributed by atoms with Crippen LogP contribution in [-0.4, -0.2) is 20.5 Å². The molecule has 16 heavy (non-hydrogen) atoms. The Morgan fingerprint density at radius 1 is 1.06 bits per heavy atom. The normalized spacial score (nSPS) is 10.1. The molecule has 0 saturated carbocycles. The van der Waals surface area contributed by atoms with E-state index in [1.807, 2.05) is 24.3 Å². The van der Waals surface area contributed by atoms with Crippen LogP contribution in [0.5, 0.6) is 11.5 Å². The molecule has 0 N–H and O–H groups in total. The summed E-state index contributed by atoms with van der Waals surface area (Å²) in [5.74, 6) is 1.33. The number of aldehydes is 1. The molecule has 3 heteroatoms. The van der Waals surface area contributed by atoms with E-state index in [2.05, 4.69) is 0 Å². The van der Waals surface area contributed by atoms with Crippen LogP contribution in [0.25, 0.3) is 10.8 Å². The zero-order chi connectivity index (χ0) is 11.5. The zero-order valence-corrected chi connectivity index (χ0v) is 9.19. The van der Waals surface area contributed by atoms with Crippen LogP contribution in [0, 0.1) is 0 Å². The molecule has 2 rings (SSSR count). The van der Waals surface area contributed by atoms with Gasteiger partial charge in [-0.1, -0.05) is 12.1 Å². The third-order valence-electron chi connectivity index (χ3n) is 2.54. The maximum Gasteiger partial charge on any atom is 0.153 e. The van der Waals surface area contributed by atoms with Gasteiger partial charge in [0.15, 0.2) is 6.29 Å². The Balaban J connectivity index is 2.77. The predicted octanol–water partition coefficient (Wildman–Crippen LogP) is 2.67. The summed E-state index contributed by atoms with van der Waals surface area (Å²) >= 11 is 0. The van der Waals surface area contributed by atoms with Crippen molar-refractivity contribution in [2.75, 3.05) is 14.2 Å². The third-order valence-corrected chi connectivity index (χ3v) is 2.54. The minimum absolute atomic E-state index is 0.527. The van der Waals surface area contributed by atoms with Gasteiger partial charge in [-0.2, -0.15) is 0 Å². The van der Waals surface area contributed by atoms with E-state index >= 15 is 0 Å². The maximum absolute atomic E-state index is 10.9. The van der Waals surface area contributed by atoms with E-state index in [0.29, 0.717) is 11.3 Å². The number of fused-ring (bicyclic) bond motifs is 1. The fourth-order valence-corrected chi connectivity index (χ4v) is 1.74. The van der Waals surface area contributed by atoms with Crippen LogP contribution in [0.2, 0.25) is 0 Å². The smallest absolute Gasteiger partial charge is 0.153 e. The topological polar surface area (TPSA) is 35.5 Å². The van der Waals surface area contributed by atoms with Gasteiger partial charge in [0.05, 0.1) is 19.8 Å². The van der Waals surface area contributed by atoms with Gasteiger partial charge in [0.2, 0.25) is 0 Å². The Morgan fingerprint density at radius 2 is 1.81 bits per heavy atom. The second-order valence-electron chi connectivity index (χ2n) is 3.39. The first-order valence-corrected chi connectivity index (χ1v) is 4.90. The highest BCUT2D eigenvalue weighted by Crippen LogP contribution is 2.30. The quantitative estimate of drug-likeness (QED) is 0.740. The van der Waals surface area contributed by atoms with E-state index in [0.717, 1.165) is 22.8 Å². The van der Waals surface area contributed by atoms with Crippen molar-refractivity contribution in [3.8, 4) is 11.5 Å². The molecule has 0 atom stereocenters. The summed E-state index contributed by atoms with van der Waals surface area (Å²) in [6.45, 7) is 0. The molecule has 3 nitrogen and oxygen atoms in total. The van der Waals surface area contributed by atoms with Crippen LogP contribution >= 0.6 is 0 Å². The average Bonchev–Trinajstić information content (AvgIpc) is 2.36. The van der Waals surface area contributed by atoms with E-state index in [9.17, 15) is 4.79 Å². The van der Waals surface area contributed by atoms with Gasteiger partial charge in [0.25, 0.3) is 0 Å². The summed E-state index contributed by atoms with van der Waals surface area (Å²) in [6.07, 6.45) is 0.782. The molecule has 2 aromatic rings. The van der Waals surface area contributed by atoms with Crippen LogP contribution in [0.1, 0.15) is 10.4 Å². The zero-order valence-electron chi connectivity index (χ0n) is 9.19. The summed E-state index contributed by atoms with van der Waals surface area (Å²) in [5, 5.41) is 1.90. The Morgan fingerprint density at radius 3 is 2.44 bits per heavy atom. The number of rotatable bonds is 3. The Labute approximate surface area is 93.6 Å². The van der Waals surface area contributed by atoms with Crippen LogP contribution in [0.15, 0.2) is 30.3 Å². The Kier molecular flexibility index (Phi) is 2.77. The van der Waals surface area contributed by atoms with Gasteiger partial charge >= 0.3 is 0 Å². The average molecular weight is 216 g/mol. The first-order valence-electron chi connectivity index (χ1n) is 4.90. The largest absolute Gasteiger partial charge is 0.496 e. The molecule has 0 unspecified atom stereocenters. The molecule has 0 heterocycles. The minimum atomic E-state index is 0.527. The van der Waals surface area contributed by atoms with Crippen molar-refractivity contribution in [3.63, 3.8) is 0 Å². The summed E-state index contributed by atoms with van der Waals surface area (Å²) in [5.41, 5.74) is 0.527. The van der Waals surface area contributed by atoms with Gasteiger partial charge in [-0.15, -0.1) is 0 Å². The number of carbonyl (C=O) groups excluding carboxylic acids is 1. The summed E-state index contributed by atoms with van der Waals surface area (Å²) in [7, 11) is 3.16. The van der Waals surface area contributed by atoms with Crippen molar-refractivity contribution in [1.82, 2.24) is 0 Å². The Hall–Kier alpha value is -2.03. The lowest BCUT2D eigenvalue weighted by atomic mass is 10.1. The van der Waals surface area contributed by atoms with E-state index in [4.69, 9.17) is 9.47 Å². The lowest BCUT2D eigenvalue weighted by Gasteiger charge is -2.09. The molecule has 0 saturated heterocycles. The van der Waals surface area contributed by atoms with E-state index in [-0.39, 0.29) is 0 Å². The molecule has 0 aromatic heterocycles. The molecule has 0 radical (unpaired) electrons. The van der Waals surface area contributed by atoms with Gasteiger partial charge < -0.3 is 9.47 Å². The lowest BCUT2D eigenvalue weighted by molar-refractivity contribution is 0.112. The standard InChI is InChI=1S/C13H12O3/c1-15-12-5-3-4-9-7-13(16-2)10(8-14)6-11(9)12/h3-8H,1-2H3. The van der Waals surface area contributed by atoms with Crippen LogP contribution < -0.4 is 9.47 Å². The SMILES string of the molecule is COc1cc2cccc(OC)c2cc1C=O. The first kappa shape index (κ1) is 10.5. The number of ether oxygens (including phenoxy) is 2. The van der Waals surface area contributed by atoms with E-state index in [1.54, 1.807) is 20.3 Å². The van der Waals surface area contributed by atoms with Crippen LogP contribution in [-0.2, 0) is 0 Å². The van der Waals surface area contributed by atoms with Crippen molar-refractivity contribution >= 4 is 17.1 Å². The van der Waals surface area contributed by atoms with E-state index in [1.165, 1.54) is 0 Å². The van der Waals surface area contributed by atoms with Gasteiger partial charge in [-0.25, -0.2) is 0 Å². The minimum Gasteiger partial charge on any atom is -0.496 e. The number of benzene rings is 2. The molecule has 0 aliphatic rings. The van der Waals surface area contributed by atoms with Gasteiger partial charge in [-0.05, 0) is 23.6 Å². The molecule has 0 aliphatic carbocycles. The van der Waals surface area contributed by atoms with Crippen molar-refractivity contribution in [2.45, 2.75) is 0 Å². The van der Waals surface area contributed by atoms with Crippen molar-refractivity contribution in [2.24, 2.45) is 0 Å². The molecule has 82 valence electrons. The molecule has 0 spiro atoms. The van der Waals surface area contributed by atoms with E-state index < -0.39 is 0 Å². The molecule has 0 aliphatic heterocycles. The Bertz CT molecular complexity index is 532. The lowest BCUT2D eigenvalue weighted by Crippen LogP contribution is -1.92. The molecular weight excluding hydrogens is 204 g/mol. The second-order valence-corrected chi connectivity index (χ2v) is 3.39. The highest BCUT2D eigenvalue weighted by molar-refractivity contribution is 5.95. The third kappa shape index (κ3) is 1.60. The number of methoxy groups -OCH3 is 2. The van der Waals surface area contributed by atoms with Gasteiger partial charge in [0, 0.05) is 5.39 Å². The van der Waals surface area contributed by atoms with Gasteiger partial charge in [0.1, 0.15) is 11.5 Å². The fourth-order valence-electron chi connectivity index (χ4n) is 1.74. The summed E-state index contributed by atoms with van der Waals surface area (Å²) in [4.78, 5) is 10.9. The van der Waals surface area contributed by atoms with Crippen molar-refractivity contribution in [1.29, 1.82) is 0 Å². The van der Waals surface area contributed by atoms with Gasteiger partial charge in [-0.3, -0.25) is 4.79 Å². The number of hydrogen-bond acceptors (Lipinski definition) is 3. The monoisotopic (exact) mass is 216 g/mol. The fraction of sp³-hybridized carbons (Fsp3) is 0.154. The molecule has 0 bridgehead atoms. The van der Waals surface area contributed by atoms with Crippen molar-refractivity contribution < 1.29 is 14.3 Å². The first-order chi connectivity index (χ1) is 7.80. The van der Waals surface area contributed by atoms with Crippen LogP contribution in [0.3, 0.4) is 0 Å². The van der Waals surface area contributed by atoms with Crippen molar-refractivity contribution in [3.05, 3.63) is 35.9 Å². The molecule has 2 aromatic carbocycles. The maximum atomic E-state index is 10.9. The highest BCUT2D eigenvalue weighted by Gasteiger charge is 2.07. The predicted molar refractivity (Wildman–Crippen MR) is 62.4 cm³/mol. The molecule has 0 fully saturated rings. The number of hydrogen-bond donors (Lipinski definition) is 0. The highest BCUT2D eigenvalue weighted by atomic mass is 16.5. The second kappa shape index (κ2) is 4.23.